The van der Waals surface area contributed by atoms with Crippen LogP contribution in [-0.2, 0) is 16.1 Å². The summed E-state index contributed by atoms with van der Waals surface area (Å²) < 4.78 is 5.62. The maximum atomic E-state index is 11.8. The van der Waals surface area contributed by atoms with Gasteiger partial charge in [-0.3, -0.25) is 9.69 Å². The molecule has 0 radical (unpaired) electrons. The Morgan fingerprint density at radius 1 is 1.53 bits per heavy atom. The number of amides is 1. The van der Waals surface area contributed by atoms with E-state index in [4.69, 9.17) is 4.74 Å². The van der Waals surface area contributed by atoms with Crippen molar-refractivity contribution in [2.75, 3.05) is 26.7 Å². The van der Waals surface area contributed by atoms with Gasteiger partial charge >= 0.3 is 0 Å². The molecule has 104 valence electrons. The van der Waals surface area contributed by atoms with Crippen molar-refractivity contribution in [1.82, 2.24) is 20.2 Å². The Kier molecular flexibility index (Phi) is 4.11. The Hall–Kier alpha value is -1.53. The number of likely N-dealkylation sites (N-methyl/N-ethyl adjacent to an activating group) is 1. The minimum Gasteiger partial charge on any atom is -0.363 e. The van der Waals surface area contributed by atoms with Crippen LogP contribution in [0, 0.1) is 6.92 Å². The highest BCUT2D eigenvalue weighted by molar-refractivity contribution is 5.84. The monoisotopic (exact) mass is 264 g/mol. The lowest BCUT2D eigenvalue weighted by Crippen LogP contribution is -2.57. The quantitative estimate of drug-likeness (QED) is 0.840. The third-order valence-corrected chi connectivity index (χ3v) is 3.30. The molecule has 1 aliphatic heterocycles. The van der Waals surface area contributed by atoms with E-state index >= 15 is 0 Å². The number of aromatic nitrogens is 2. The van der Waals surface area contributed by atoms with Crippen molar-refractivity contribution < 1.29 is 9.53 Å². The summed E-state index contributed by atoms with van der Waals surface area (Å²) in [5.41, 5.74) is 0.269. The van der Waals surface area contributed by atoms with Gasteiger partial charge in [-0.2, -0.15) is 0 Å². The summed E-state index contributed by atoms with van der Waals surface area (Å²) >= 11 is 0. The summed E-state index contributed by atoms with van der Waals surface area (Å²) in [5, 5.41) is 2.65. The van der Waals surface area contributed by atoms with Crippen LogP contribution in [0.3, 0.4) is 0 Å². The van der Waals surface area contributed by atoms with E-state index in [0.717, 1.165) is 24.5 Å². The highest BCUT2D eigenvalue weighted by Crippen LogP contribution is 2.19. The lowest BCUT2D eigenvalue weighted by Gasteiger charge is -2.38. The van der Waals surface area contributed by atoms with Gasteiger partial charge in [0, 0.05) is 44.6 Å². The molecule has 1 atom stereocenters. The number of rotatable bonds is 3. The van der Waals surface area contributed by atoms with E-state index in [1.807, 2.05) is 26.2 Å². The second-order valence-electron chi connectivity index (χ2n) is 5.01. The predicted molar refractivity (Wildman–Crippen MR) is 70.5 cm³/mol. The Morgan fingerprint density at radius 3 is 2.84 bits per heavy atom. The zero-order valence-corrected chi connectivity index (χ0v) is 11.6. The number of aryl methyl sites for hydroxylation is 1. The molecule has 2 rings (SSSR count). The van der Waals surface area contributed by atoms with Gasteiger partial charge in [0.25, 0.3) is 5.91 Å². The smallest absolute Gasteiger partial charge is 0.253 e. The largest absolute Gasteiger partial charge is 0.363 e. The van der Waals surface area contributed by atoms with Crippen molar-refractivity contribution in [2.24, 2.45) is 0 Å². The summed E-state index contributed by atoms with van der Waals surface area (Å²) in [6.45, 7) is 6.35. The summed E-state index contributed by atoms with van der Waals surface area (Å²) in [4.78, 5) is 22.4. The second-order valence-corrected chi connectivity index (χ2v) is 5.01. The number of ether oxygens (including phenoxy) is 1. The van der Waals surface area contributed by atoms with Crippen molar-refractivity contribution in [3.8, 4) is 0 Å². The molecule has 1 fully saturated rings. The average Bonchev–Trinajstić information content (AvgIpc) is 2.40. The maximum absolute atomic E-state index is 11.8. The normalized spacial score (nSPS) is 24.2. The summed E-state index contributed by atoms with van der Waals surface area (Å²) in [5.74, 6) is 0.679. The van der Waals surface area contributed by atoms with Crippen LogP contribution in [0.5, 0.6) is 0 Å². The fourth-order valence-electron chi connectivity index (χ4n) is 2.25. The van der Waals surface area contributed by atoms with Crippen LogP contribution in [-0.4, -0.2) is 53.1 Å². The first kappa shape index (κ1) is 13.9. The van der Waals surface area contributed by atoms with Crippen LogP contribution >= 0.6 is 0 Å². The number of carbonyl (C=O) groups is 1. The molecular weight excluding hydrogens is 244 g/mol. The Balaban J connectivity index is 2.01. The molecule has 0 saturated carbocycles. The molecule has 6 heteroatoms. The fraction of sp³-hybridized carbons (Fsp3) is 0.615. The zero-order chi connectivity index (χ0) is 13.9. The van der Waals surface area contributed by atoms with E-state index in [-0.39, 0.29) is 5.91 Å². The number of morpholine rings is 1. The molecule has 1 aromatic rings. The van der Waals surface area contributed by atoms with Gasteiger partial charge in [0.2, 0.25) is 0 Å². The molecular formula is C13H20N4O2. The summed E-state index contributed by atoms with van der Waals surface area (Å²) in [6, 6.07) is 0. The topological polar surface area (TPSA) is 67.4 Å². The van der Waals surface area contributed by atoms with Gasteiger partial charge in [-0.1, -0.05) is 0 Å². The average molecular weight is 264 g/mol. The molecule has 6 nitrogen and oxygen atoms in total. The lowest BCUT2D eigenvalue weighted by atomic mass is 10.0. The molecule has 1 saturated heterocycles. The first-order valence-electron chi connectivity index (χ1n) is 6.39. The van der Waals surface area contributed by atoms with Crippen LogP contribution in [0.1, 0.15) is 18.3 Å². The molecule has 19 heavy (non-hydrogen) atoms. The second kappa shape index (κ2) is 5.63. The van der Waals surface area contributed by atoms with Crippen molar-refractivity contribution in [1.29, 1.82) is 0 Å². The van der Waals surface area contributed by atoms with Gasteiger partial charge < -0.3 is 10.1 Å². The molecule has 1 aliphatic rings. The predicted octanol–water partition coefficient (Wildman–Crippen LogP) is 0.122. The summed E-state index contributed by atoms with van der Waals surface area (Å²) in [7, 11) is 1.63. The van der Waals surface area contributed by atoms with Crippen LogP contribution in [0.25, 0.3) is 0 Å². The Morgan fingerprint density at radius 2 is 2.21 bits per heavy atom. The van der Waals surface area contributed by atoms with Gasteiger partial charge in [-0.15, -0.1) is 0 Å². The van der Waals surface area contributed by atoms with Crippen LogP contribution in [0.2, 0.25) is 0 Å². The molecule has 0 aromatic carbocycles. The van der Waals surface area contributed by atoms with Crippen LogP contribution in [0.15, 0.2) is 12.4 Å². The van der Waals surface area contributed by atoms with Gasteiger partial charge in [-0.05, 0) is 13.8 Å². The van der Waals surface area contributed by atoms with Crippen molar-refractivity contribution in [3.05, 3.63) is 23.8 Å². The van der Waals surface area contributed by atoms with E-state index in [1.54, 1.807) is 7.05 Å². The SMILES string of the molecule is CNC(=O)C1(C)CN(Cc2cnc(C)nc2)CCO1. The molecule has 2 heterocycles. The van der Waals surface area contributed by atoms with Crippen LogP contribution < -0.4 is 5.32 Å². The minimum absolute atomic E-state index is 0.0858. The molecule has 0 aliphatic carbocycles. The van der Waals surface area contributed by atoms with Gasteiger partial charge in [0.05, 0.1) is 6.61 Å². The third kappa shape index (κ3) is 3.27. The lowest BCUT2D eigenvalue weighted by molar-refractivity contribution is -0.156. The maximum Gasteiger partial charge on any atom is 0.253 e. The molecule has 1 aromatic heterocycles. The third-order valence-electron chi connectivity index (χ3n) is 3.30. The number of nitrogens with one attached hydrogen (secondary N) is 1. The van der Waals surface area contributed by atoms with Crippen molar-refractivity contribution in [3.63, 3.8) is 0 Å². The van der Waals surface area contributed by atoms with E-state index < -0.39 is 5.60 Å². The van der Waals surface area contributed by atoms with Gasteiger partial charge in [-0.25, -0.2) is 9.97 Å². The van der Waals surface area contributed by atoms with E-state index in [1.165, 1.54) is 0 Å². The number of hydrogen-bond donors (Lipinski definition) is 1. The van der Waals surface area contributed by atoms with E-state index in [2.05, 4.69) is 20.2 Å². The molecule has 1 unspecified atom stereocenters. The fourth-order valence-corrected chi connectivity index (χ4v) is 2.25. The van der Waals surface area contributed by atoms with Crippen molar-refractivity contribution >= 4 is 5.91 Å². The Bertz CT molecular complexity index is 448. The highest BCUT2D eigenvalue weighted by Gasteiger charge is 2.38. The molecule has 1 amide bonds. The van der Waals surface area contributed by atoms with Crippen molar-refractivity contribution in [2.45, 2.75) is 26.0 Å². The standard InChI is InChI=1S/C13H20N4O2/c1-10-15-6-11(7-16-10)8-17-4-5-19-13(2,9-17)12(18)14-3/h6-7H,4-5,8-9H2,1-3H3,(H,14,18). The van der Waals surface area contributed by atoms with E-state index in [0.29, 0.717) is 13.2 Å². The van der Waals surface area contributed by atoms with E-state index in [9.17, 15) is 4.79 Å². The molecule has 0 spiro atoms. The Labute approximate surface area is 113 Å². The number of hydrogen-bond acceptors (Lipinski definition) is 5. The highest BCUT2D eigenvalue weighted by atomic mass is 16.5. The van der Waals surface area contributed by atoms with Gasteiger partial charge in [0.15, 0.2) is 5.60 Å². The molecule has 1 N–H and O–H groups in total. The number of nitrogens with zero attached hydrogens (tertiary/aromatic N) is 3. The number of carbonyl (C=O) groups excluding carboxylic acids is 1. The van der Waals surface area contributed by atoms with Gasteiger partial charge in [0.1, 0.15) is 5.82 Å². The first-order valence-corrected chi connectivity index (χ1v) is 6.39. The first-order chi connectivity index (χ1) is 9.03. The zero-order valence-electron chi connectivity index (χ0n) is 11.6. The molecule has 0 bridgehead atoms. The van der Waals surface area contributed by atoms with Crippen LogP contribution in [0.4, 0.5) is 0 Å². The summed E-state index contributed by atoms with van der Waals surface area (Å²) in [6.07, 6.45) is 3.66. The minimum atomic E-state index is -0.779.